The smallest absolute Gasteiger partial charge is 0.161 e. The molecule has 2 aliphatic carbocycles. The minimum Gasteiger partial charge on any atom is -0.493 e. The van der Waals surface area contributed by atoms with Crippen LogP contribution in [0.4, 0.5) is 0 Å². The third-order valence-corrected chi connectivity index (χ3v) is 4.87. The summed E-state index contributed by atoms with van der Waals surface area (Å²) in [5.41, 5.74) is 2.42. The molecule has 112 valence electrons. The molecule has 3 heteroatoms. The first-order chi connectivity index (χ1) is 10.2. The fraction of sp³-hybridized carbons (Fsp3) is 0.444. The summed E-state index contributed by atoms with van der Waals surface area (Å²) in [6.07, 6.45) is 11.8. The lowest BCUT2D eigenvalue weighted by Gasteiger charge is -2.44. The molecule has 21 heavy (non-hydrogen) atoms. The molecule has 0 amide bonds. The first-order valence-electron chi connectivity index (χ1n) is 7.47. The van der Waals surface area contributed by atoms with E-state index >= 15 is 0 Å². The third-order valence-electron chi connectivity index (χ3n) is 4.87. The molecule has 3 rings (SSSR count). The van der Waals surface area contributed by atoms with Gasteiger partial charge >= 0.3 is 0 Å². The summed E-state index contributed by atoms with van der Waals surface area (Å²) < 4.78 is 10.9. The van der Waals surface area contributed by atoms with Crippen molar-refractivity contribution in [2.24, 2.45) is 5.92 Å². The number of ether oxygens (including phenoxy) is 2. The van der Waals surface area contributed by atoms with Crippen molar-refractivity contribution < 1.29 is 14.6 Å². The lowest BCUT2D eigenvalue weighted by Crippen LogP contribution is -2.38. The Bertz CT molecular complexity index is 588. The molecule has 2 aliphatic rings. The summed E-state index contributed by atoms with van der Waals surface area (Å²) >= 11 is 0. The molecule has 0 spiro atoms. The largest absolute Gasteiger partial charge is 0.493 e. The molecule has 0 bridgehead atoms. The van der Waals surface area contributed by atoms with Gasteiger partial charge in [-0.1, -0.05) is 24.3 Å². The zero-order chi connectivity index (χ0) is 14.9. The van der Waals surface area contributed by atoms with Crippen LogP contribution in [0.15, 0.2) is 30.4 Å². The van der Waals surface area contributed by atoms with Crippen LogP contribution in [0.1, 0.15) is 30.4 Å². The Labute approximate surface area is 125 Å². The van der Waals surface area contributed by atoms with E-state index in [1.165, 1.54) is 11.1 Å². The minimum atomic E-state index is -0.0207. The van der Waals surface area contributed by atoms with Gasteiger partial charge in [-0.05, 0) is 42.5 Å². The second-order valence-corrected chi connectivity index (χ2v) is 5.78. The van der Waals surface area contributed by atoms with Gasteiger partial charge in [0.1, 0.15) is 0 Å². The molecule has 0 radical (unpaired) electrons. The van der Waals surface area contributed by atoms with Crippen molar-refractivity contribution in [1.29, 1.82) is 0 Å². The summed E-state index contributed by atoms with van der Waals surface area (Å²) in [6, 6.07) is 4.14. The highest BCUT2D eigenvalue weighted by atomic mass is 16.5. The van der Waals surface area contributed by atoms with Crippen molar-refractivity contribution in [2.45, 2.75) is 24.7 Å². The van der Waals surface area contributed by atoms with Crippen LogP contribution < -0.4 is 9.47 Å². The van der Waals surface area contributed by atoms with Gasteiger partial charge in [0.15, 0.2) is 11.5 Å². The standard InChI is InChI=1S/C18H22O3/c1-20-16-11-13-6-7-14-5-3-4-8-18(14,9-10-19)15(13)12-17(16)21-2/h3,5-7,11-12,14,19H,4,8-10H2,1-2H3/t14-,18+/m0/s1. The van der Waals surface area contributed by atoms with Crippen molar-refractivity contribution in [3.63, 3.8) is 0 Å². The molecule has 0 aromatic heterocycles. The maximum Gasteiger partial charge on any atom is 0.161 e. The molecular weight excluding hydrogens is 264 g/mol. The lowest BCUT2D eigenvalue weighted by molar-refractivity contribution is 0.203. The number of fused-ring (bicyclic) bond motifs is 3. The normalized spacial score (nSPS) is 26.1. The van der Waals surface area contributed by atoms with Crippen LogP contribution in [0, 0.1) is 5.92 Å². The van der Waals surface area contributed by atoms with Crippen LogP contribution in [0.5, 0.6) is 11.5 Å². The Kier molecular flexibility index (Phi) is 3.77. The molecular formula is C18H22O3. The molecule has 0 heterocycles. The van der Waals surface area contributed by atoms with Gasteiger partial charge in [0.2, 0.25) is 0 Å². The Hall–Kier alpha value is -1.74. The van der Waals surface area contributed by atoms with Gasteiger partial charge in [-0.3, -0.25) is 0 Å². The van der Waals surface area contributed by atoms with Gasteiger partial charge < -0.3 is 14.6 Å². The molecule has 0 unspecified atom stereocenters. The van der Waals surface area contributed by atoms with E-state index in [0.717, 1.165) is 30.8 Å². The molecule has 0 aliphatic heterocycles. The molecule has 0 fully saturated rings. The first-order valence-corrected chi connectivity index (χ1v) is 7.47. The summed E-state index contributed by atoms with van der Waals surface area (Å²) in [7, 11) is 3.33. The minimum absolute atomic E-state index is 0.0207. The predicted octanol–water partition coefficient (Wildman–Crippen LogP) is 3.32. The number of allylic oxidation sites excluding steroid dienone is 3. The van der Waals surface area contributed by atoms with Gasteiger partial charge in [-0.15, -0.1) is 0 Å². The SMILES string of the molecule is COc1cc2c(cc1OC)[C@@]1(CCO)CCC=C[C@H]1C=C2. The van der Waals surface area contributed by atoms with E-state index in [1.807, 2.05) is 6.07 Å². The topological polar surface area (TPSA) is 38.7 Å². The molecule has 0 saturated heterocycles. The number of rotatable bonds is 4. The van der Waals surface area contributed by atoms with E-state index in [0.29, 0.717) is 5.92 Å². The number of aliphatic hydroxyl groups is 1. The maximum absolute atomic E-state index is 9.60. The highest BCUT2D eigenvalue weighted by Gasteiger charge is 2.42. The number of methoxy groups -OCH3 is 2. The number of hydrogen-bond acceptors (Lipinski definition) is 3. The summed E-state index contributed by atoms with van der Waals surface area (Å²) in [5.74, 6) is 1.87. The third kappa shape index (κ3) is 2.16. The van der Waals surface area contributed by atoms with Crippen LogP contribution in [-0.2, 0) is 5.41 Å². The number of benzene rings is 1. The highest BCUT2D eigenvalue weighted by molar-refractivity contribution is 5.66. The molecule has 0 saturated carbocycles. The molecule has 2 atom stereocenters. The predicted molar refractivity (Wildman–Crippen MR) is 83.8 cm³/mol. The second-order valence-electron chi connectivity index (χ2n) is 5.78. The van der Waals surface area contributed by atoms with Gasteiger partial charge in [0.25, 0.3) is 0 Å². The van der Waals surface area contributed by atoms with Crippen molar-refractivity contribution in [3.8, 4) is 11.5 Å². The van der Waals surface area contributed by atoms with E-state index in [-0.39, 0.29) is 12.0 Å². The lowest BCUT2D eigenvalue weighted by atomic mass is 9.60. The van der Waals surface area contributed by atoms with Crippen molar-refractivity contribution in [1.82, 2.24) is 0 Å². The highest BCUT2D eigenvalue weighted by Crippen LogP contribution is 2.50. The van der Waals surface area contributed by atoms with Gasteiger partial charge in [0.05, 0.1) is 14.2 Å². The van der Waals surface area contributed by atoms with Crippen LogP contribution >= 0.6 is 0 Å². The summed E-state index contributed by atoms with van der Waals surface area (Å²) in [5, 5.41) is 9.60. The second kappa shape index (κ2) is 5.57. The average Bonchev–Trinajstić information content (AvgIpc) is 2.53. The molecule has 1 aromatic rings. The Morgan fingerprint density at radius 1 is 1.19 bits per heavy atom. The Morgan fingerprint density at radius 2 is 1.95 bits per heavy atom. The Balaban J connectivity index is 2.18. The zero-order valence-corrected chi connectivity index (χ0v) is 12.6. The van der Waals surface area contributed by atoms with E-state index in [2.05, 4.69) is 30.4 Å². The Morgan fingerprint density at radius 3 is 2.67 bits per heavy atom. The van der Waals surface area contributed by atoms with Crippen molar-refractivity contribution >= 4 is 6.08 Å². The first kappa shape index (κ1) is 14.2. The molecule has 1 N–H and O–H groups in total. The quantitative estimate of drug-likeness (QED) is 0.863. The molecule has 3 nitrogen and oxygen atoms in total. The van der Waals surface area contributed by atoms with E-state index in [9.17, 15) is 5.11 Å². The number of aliphatic hydroxyl groups excluding tert-OH is 1. The summed E-state index contributed by atoms with van der Waals surface area (Å²) in [4.78, 5) is 0. The number of hydrogen-bond donors (Lipinski definition) is 1. The van der Waals surface area contributed by atoms with Gasteiger partial charge in [0, 0.05) is 17.9 Å². The van der Waals surface area contributed by atoms with Crippen LogP contribution in [-0.4, -0.2) is 25.9 Å². The van der Waals surface area contributed by atoms with Crippen LogP contribution in [0.3, 0.4) is 0 Å². The van der Waals surface area contributed by atoms with Crippen molar-refractivity contribution in [3.05, 3.63) is 41.5 Å². The fourth-order valence-electron chi connectivity index (χ4n) is 3.79. The average molecular weight is 286 g/mol. The van der Waals surface area contributed by atoms with Crippen LogP contribution in [0.2, 0.25) is 0 Å². The monoisotopic (exact) mass is 286 g/mol. The summed E-state index contributed by atoms with van der Waals surface area (Å²) in [6.45, 7) is 0.200. The van der Waals surface area contributed by atoms with E-state index in [4.69, 9.17) is 9.47 Å². The van der Waals surface area contributed by atoms with Gasteiger partial charge in [-0.2, -0.15) is 0 Å². The van der Waals surface area contributed by atoms with E-state index < -0.39 is 0 Å². The zero-order valence-electron chi connectivity index (χ0n) is 12.6. The van der Waals surface area contributed by atoms with Crippen molar-refractivity contribution in [2.75, 3.05) is 20.8 Å². The molecule has 1 aromatic carbocycles. The maximum atomic E-state index is 9.60. The van der Waals surface area contributed by atoms with E-state index in [1.54, 1.807) is 14.2 Å². The van der Waals surface area contributed by atoms with Crippen LogP contribution in [0.25, 0.3) is 6.08 Å². The van der Waals surface area contributed by atoms with Gasteiger partial charge in [-0.25, -0.2) is 0 Å². The fourth-order valence-corrected chi connectivity index (χ4v) is 3.79.